The third-order valence-corrected chi connectivity index (χ3v) is 4.23. The van der Waals surface area contributed by atoms with Crippen molar-refractivity contribution < 1.29 is 4.79 Å². The van der Waals surface area contributed by atoms with Crippen LogP contribution < -0.4 is 5.32 Å². The monoisotopic (exact) mass is 279 g/mol. The van der Waals surface area contributed by atoms with E-state index in [-0.39, 0.29) is 5.91 Å². The fourth-order valence-corrected chi connectivity index (χ4v) is 3.14. The molecule has 0 spiro atoms. The summed E-state index contributed by atoms with van der Waals surface area (Å²) in [5, 5.41) is 3.10. The van der Waals surface area contributed by atoms with Gasteiger partial charge in [0, 0.05) is 17.7 Å². The topological polar surface area (TPSA) is 29.1 Å². The van der Waals surface area contributed by atoms with Crippen LogP contribution in [0.15, 0.2) is 54.6 Å². The molecule has 1 aliphatic rings. The molecule has 0 radical (unpaired) electrons. The first-order valence-corrected chi connectivity index (χ1v) is 7.77. The molecule has 1 fully saturated rings. The number of carbonyl (C=O) groups is 1. The Morgan fingerprint density at radius 3 is 2.38 bits per heavy atom. The van der Waals surface area contributed by atoms with Crippen molar-refractivity contribution in [3.8, 4) is 11.1 Å². The molecular weight excluding hydrogens is 258 g/mol. The number of para-hydroxylation sites is 1. The second-order valence-corrected chi connectivity index (χ2v) is 5.81. The molecule has 108 valence electrons. The molecule has 21 heavy (non-hydrogen) atoms. The molecule has 1 aliphatic carbocycles. The predicted octanol–water partition coefficient (Wildman–Crippen LogP) is 4.87. The molecule has 1 saturated carbocycles. The van der Waals surface area contributed by atoms with Crippen LogP contribution in [0.1, 0.15) is 32.1 Å². The maximum atomic E-state index is 12.2. The van der Waals surface area contributed by atoms with Gasteiger partial charge in [-0.1, -0.05) is 61.4 Å². The number of nitrogens with one attached hydrogen (secondary N) is 1. The van der Waals surface area contributed by atoms with Crippen molar-refractivity contribution in [2.45, 2.75) is 32.1 Å². The summed E-state index contributed by atoms with van der Waals surface area (Å²) in [6.07, 6.45) is 5.61. The van der Waals surface area contributed by atoms with Crippen molar-refractivity contribution >= 4 is 11.6 Å². The summed E-state index contributed by atoms with van der Waals surface area (Å²) in [4.78, 5) is 12.2. The lowest BCUT2D eigenvalue weighted by molar-refractivity contribution is -0.117. The summed E-state index contributed by atoms with van der Waals surface area (Å²) in [5.74, 6) is 0.721. The van der Waals surface area contributed by atoms with Crippen molar-refractivity contribution in [2.75, 3.05) is 5.32 Å². The third-order valence-electron chi connectivity index (χ3n) is 4.23. The fraction of sp³-hybridized carbons (Fsp3) is 0.316. The van der Waals surface area contributed by atoms with Crippen molar-refractivity contribution in [3.63, 3.8) is 0 Å². The largest absolute Gasteiger partial charge is 0.326 e. The van der Waals surface area contributed by atoms with Crippen LogP contribution in [0.4, 0.5) is 5.69 Å². The Kier molecular flexibility index (Phi) is 4.34. The van der Waals surface area contributed by atoms with Crippen LogP contribution in [-0.4, -0.2) is 5.91 Å². The van der Waals surface area contributed by atoms with Gasteiger partial charge in [-0.05, 0) is 30.4 Å². The summed E-state index contributed by atoms with van der Waals surface area (Å²) in [5.41, 5.74) is 3.12. The minimum atomic E-state index is 0.144. The van der Waals surface area contributed by atoms with Gasteiger partial charge in [0.05, 0.1) is 0 Å². The number of amides is 1. The molecule has 3 rings (SSSR count). The van der Waals surface area contributed by atoms with Crippen LogP contribution in [0, 0.1) is 5.92 Å². The molecule has 0 bridgehead atoms. The number of hydrogen-bond acceptors (Lipinski definition) is 1. The van der Waals surface area contributed by atoms with E-state index in [0.29, 0.717) is 12.3 Å². The van der Waals surface area contributed by atoms with Crippen LogP contribution >= 0.6 is 0 Å². The number of hydrogen-bond donors (Lipinski definition) is 1. The number of benzene rings is 2. The lowest BCUT2D eigenvalue weighted by atomic mass is 10.0. The highest BCUT2D eigenvalue weighted by Gasteiger charge is 2.19. The van der Waals surface area contributed by atoms with E-state index in [1.165, 1.54) is 25.7 Å². The van der Waals surface area contributed by atoms with E-state index in [9.17, 15) is 4.79 Å². The highest BCUT2D eigenvalue weighted by Crippen LogP contribution is 2.30. The molecule has 0 saturated heterocycles. The van der Waals surface area contributed by atoms with E-state index in [4.69, 9.17) is 0 Å². The fourth-order valence-electron chi connectivity index (χ4n) is 3.14. The highest BCUT2D eigenvalue weighted by molar-refractivity contribution is 5.95. The number of rotatable bonds is 4. The van der Waals surface area contributed by atoms with Gasteiger partial charge in [0.2, 0.25) is 5.91 Å². The van der Waals surface area contributed by atoms with Crippen molar-refractivity contribution in [3.05, 3.63) is 54.6 Å². The van der Waals surface area contributed by atoms with Gasteiger partial charge in [-0.25, -0.2) is 0 Å². The summed E-state index contributed by atoms with van der Waals surface area (Å²) < 4.78 is 0. The standard InChI is InChI=1S/C19H21NO/c21-19(14-15-8-4-5-9-15)20-18-13-7-6-12-17(18)16-10-2-1-3-11-16/h1-3,6-7,10-13,15H,4-5,8-9,14H2,(H,20,21). The van der Waals surface area contributed by atoms with E-state index >= 15 is 0 Å². The second kappa shape index (κ2) is 6.57. The average Bonchev–Trinajstić information content (AvgIpc) is 3.01. The quantitative estimate of drug-likeness (QED) is 0.849. The Morgan fingerprint density at radius 2 is 1.62 bits per heavy atom. The molecule has 0 aromatic heterocycles. The first-order valence-electron chi connectivity index (χ1n) is 7.77. The summed E-state index contributed by atoms with van der Waals surface area (Å²) >= 11 is 0. The molecule has 0 heterocycles. The molecule has 0 atom stereocenters. The Hall–Kier alpha value is -2.09. The summed E-state index contributed by atoms with van der Waals surface area (Å²) in [6, 6.07) is 18.2. The second-order valence-electron chi connectivity index (χ2n) is 5.81. The normalized spacial score (nSPS) is 15.0. The van der Waals surface area contributed by atoms with Gasteiger partial charge < -0.3 is 5.32 Å². The zero-order valence-electron chi connectivity index (χ0n) is 12.2. The van der Waals surface area contributed by atoms with E-state index in [1.54, 1.807) is 0 Å². The van der Waals surface area contributed by atoms with Crippen molar-refractivity contribution in [1.82, 2.24) is 0 Å². The van der Waals surface area contributed by atoms with Gasteiger partial charge in [-0.2, -0.15) is 0 Å². The van der Waals surface area contributed by atoms with Gasteiger partial charge in [0.15, 0.2) is 0 Å². The zero-order chi connectivity index (χ0) is 14.5. The van der Waals surface area contributed by atoms with Crippen molar-refractivity contribution in [1.29, 1.82) is 0 Å². The Bertz CT molecular complexity index is 600. The van der Waals surface area contributed by atoms with E-state index in [0.717, 1.165) is 16.8 Å². The average molecular weight is 279 g/mol. The highest BCUT2D eigenvalue weighted by atomic mass is 16.1. The predicted molar refractivity (Wildman–Crippen MR) is 87.1 cm³/mol. The molecule has 1 amide bonds. The summed E-state index contributed by atoms with van der Waals surface area (Å²) in [7, 11) is 0. The molecule has 2 nitrogen and oxygen atoms in total. The maximum Gasteiger partial charge on any atom is 0.224 e. The van der Waals surface area contributed by atoms with Crippen molar-refractivity contribution in [2.24, 2.45) is 5.92 Å². The van der Waals surface area contributed by atoms with Crippen LogP contribution in [-0.2, 0) is 4.79 Å². The minimum absolute atomic E-state index is 0.144. The minimum Gasteiger partial charge on any atom is -0.326 e. The maximum absolute atomic E-state index is 12.2. The smallest absolute Gasteiger partial charge is 0.224 e. The zero-order valence-corrected chi connectivity index (χ0v) is 12.2. The van der Waals surface area contributed by atoms with Gasteiger partial charge in [-0.3, -0.25) is 4.79 Å². The summed E-state index contributed by atoms with van der Waals surface area (Å²) in [6.45, 7) is 0. The van der Waals surface area contributed by atoms with Crippen LogP contribution in [0.2, 0.25) is 0 Å². The lowest BCUT2D eigenvalue weighted by Gasteiger charge is -2.13. The molecular formula is C19H21NO. The third kappa shape index (κ3) is 3.52. The van der Waals surface area contributed by atoms with Gasteiger partial charge in [0.25, 0.3) is 0 Å². The van der Waals surface area contributed by atoms with Crippen LogP contribution in [0.25, 0.3) is 11.1 Å². The Labute approximate surface area is 126 Å². The van der Waals surface area contributed by atoms with E-state index in [1.807, 2.05) is 36.4 Å². The molecule has 2 heteroatoms. The first-order chi connectivity index (χ1) is 10.3. The molecule has 2 aromatic rings. The van der Waals surface area contributed by atoms with E-state index in [2.05, 4.69) is 23.5 Å². The van der Waals surface area contributed by atoms with Crippen LogP contribution in [0.5, 0.6) is 0 Å². The lowest BCUT2D eigenvalue weighted by Crippen LogP contribution is -2.15. The number of anilines is 1. The van der Waals surface area contributed by atoms with Gasteiger partial charge >= 0.3 is 0 Å². The number of carbonyl (C=O) groups excluding carboxylic acids is 1. The first kappa shape index (κ1) is 13.9. The van der Waals surface area contributed by atoms with Gasteiger partial charge in [0.1, 0.15) is 0 Å². The molecule has 0 unspecified atom stereocenters. The Balaban J connectivity index is 1.74. The molecule has 2 aromatic carbocycles. The Morgan fingerprint density at radius 1 is 0.952 bits per heavy atom. The van der Waals surface area contributed by atoms with E-state index < -0.39 is 0 Å². The molecule has 1 N–H and O–H groups in total. The SMILES string of the molecule is O=C(CC1CCCC1)Nc1ccccc1-c1ccccc1. The van der Waals surface area contributed by atoms with Gasteiger partial charge in [-0.15, -0.1) is 0 Å². The van der Waals surface area contributed by atoms with Crippen LogP contribution in [0.3, 0.4) is 0 Å². The molecule has 0 aliphatic heterocycles.